The van der Waals surface area contributed by atoms with Gasteiger partial charge in [-0.05, 0) is 67.7 Å². The highest BCUT2D eigenvalue weighted by Crippen LogP contribution is 2.38. The van der Waals surface area contributed by atoms with Crippen LogP contribution in [0.3, 0.4) is 0 Å². The Morgan fingerprint density at radius 1 is 1.35 bits per heavy atom. The molecule has 1 aliphatic carbocycles. The fourth-order valence-electron chi connectivity index (χ4n) is 3.29. The van der Waals surface area contributed by atoms with Crippen LogP contribution in [-0.2, 0) is 0 Å². The summed E-state index contributed by atoms with van der Waals surface area (Å²) in [6, 6.07) is 5.14. The zero-order valence-corrected chi connectivity index (χ0v) is 12.0. The molecule has 0 aromatic heterocycles. The third-order valence-corrected chi connectivity index (χ3v) is 4.58. The van der Waals surface area contributed by atoms with Gasteiger partial charge in [0.25, 0.3) is 0 Å². The van der Waals surface area contributed by atoms with Crippen molar-refractivity contribution in [1.29, 1.82) is 0 Å². The van der Waals surface area contributed by atoms with Crippen LogP contribution in [0.2, 0.25) is 0 Å². The Hall–Kier alpha value is -1.13. The molecule has 3 N–H and O–H groups in total. The molecule has 0 spiro atoms. The molecule has 2 rings (SSSR count). The normalized spacial score (nSPS) is 24.4. The van der Waals surface area contributed by atoms with Gasteiger partial charge >= 0.3 is 0 Å². The first-order chi connectivity index (χ1) is 9.69. The van der Waals surface area contributed by atoms with Crippen LogP contribution in [0, 0.1) is 17.7 Å². The molecule has 4 heteroatoms. The van der Waals surface area contributed by atoms with E-state index in [9.17, 15) is 9.50 Å². The molecule has 1 saturated carbocycles. The van der Waals surface area contributed by atoms with Gasteiger partial charge < -0.3 is 15.6 Å². The molecule has 0 radical (unpaired) electrons. The maximum atomic E-state index is 13.8. The van der Waals surface area contributed by atoms with Gasteiger partial charge in [0.15, 0.2) is 11.6 Å². The molecule has 0 amide bonds. The quantitative estimate of drug-likeness (QED) is 0.872. The molecule has 1 aromatic carbocycles. The molecule has 1 unspecified atom stereocenters. The van der Waals surface area contributed by atoms with Crippen LogP contribution in [0.4, 0.5) is 4.39 Å². The first-order valence-electron chi connectivity index (χ1n) is 7.34. The van der Waals surface area contributed by atoms with Crippen LogP contribution >= 0.6 is 0 Å². The van der Waals surface area contributed by atoms with Crippen molar-refractivity contribution < 1.29 is 14.2 Å². The third-order valence-electron chi connectivity index (χ3n) is 4.58. The molecule has 1 aliphatic rings. The van der Waals surface area contributed by atoms with E-state index in [1.807, 2.05) is 6.07 Å². The number of nitrogens with two attached hydrogens (primary N) is 1. The number of hydrogen-bond donors (Lipinski definition) is 2. The lowest BCUT2D eigenvalue weighted by molar-refractivity contribution is 0.158. The highest BCUT2D eigenvalue weighted by Gasteiger charge is 2.28. The molecule has 0 bridgehead atoms. The lowest BCUT2D eigenvalue weighted by Crippen LogP contribution is -2.27. The summed E-state index contributed by atoms with van der Waals surface area (Å²) in [5, 5.41) is 9.20. The zero-order chi connectivity index (χ0) is 14.5. The number of rotatable bonds is 5. The maximum Gasteiger partial charge on any atom is 0.165 e. The Labute approximate surface area is 119 Å². The van der Waals surface area contributed by atoms with Crippen molar-refractivity contribution in [2.75, 3.05) is 20.3 Å². The van der Waals surface area contributed by atoms with Crippen molar-refractivity contribution in [2.45, 2.75) is 31.6 Å². The summed E-state index contributed by atoms with van der Waals surface area (Å²) in [5.41, 5.74) is 6.88. The average Bonchev–Trinajstić information content (AvgIpc) is 2.49. The SMILES string of the molecule is COc1ccc(C(CN)C2CCC(CO)CC2)cc1F. The van der Waals surface area contributed by atoms with Crippen LogP contribution in [0.1, 0.15) is 37.2 Å². The highest BCUT2D eigenvalue weighted by molar-refractivity contribution is 5.31. The van der Waals surface area contributed by atoms with Crippen LogP contribution in [0.5, 0.6) is 5.75 Å². The van der Waals surface area contributed by atoms with Gasteiger partial charge in [0.05, 0.1) is 7.11 Å². The summed E-state index contributed by atoms with van der Waals surface area (Å²) in [6.07, 6.45) is 4.19. The van der Waals surface area contributed by atoms with E-state index in [-0.39, 0.29) is 24.1 Å². The fraction of sp³-hybridized carbons (Fsp3) is 0.625. The molecular weight excluding hydrogens is 257 g/mol. The van der Waals surface area contributed by atoms with Gasteiger partial charge in [0.1, 0.15) is 0 Å². The molecule has 112 valence electrons. The highest BCUT2D eigenvalue weighted by atomic mass is 19.1. The minimum Gasteiger partial charge on any atom is -0.494 e. The van der Waals surface area contributed by atoms with E-state index < -0.39 is 0 Å². The van der Waals surface area contributed by atoms with Gasteiger partial charge in [-0.3, -0.25) is 0 Å². The van der Waals surface area contributed by atoms with Crippen LogP contribution < -0.4 is 10.5 Å². The summed E-state index contributed by atoms with van der Waals surface area (Å²) in [7, 11) is 1.47. The number of halogens is 1. The number of hydrogen-bond acceptors (Lipinski definition) is 3. The van der Waals surface area contributed by atoms with Crippen molar-refractivity contribution in [3.05, 3.63) is 29.6 Å². The van der Waals surface area contributed by atoms with Crippen molar-refractivity contribution in [2.24, 2.45) is 17.6 Å². The van der Waals surface area contributed by atoms with Crippen molar-refractivity contribution >= 4 is 0 Å². The lowest BCUT2D eigenvalue weighted by Gasteiger charge is -2.33. The van der Waals surface area contributed by atoms with Crippen molar-refractivity contribution in [3.63, 3.8) is 0 Å². The van der Waals surface area contributed by atoms with Crippen LogP contribution in [-0.4, -0.2) is 25.4 Å². The number of benzene rings is 1. The predicted molar refractivity (Wildman–Crippen MR) is 77.3 cm³/mol. The number of aliphatic hydroxyl groups excluding tert-OH is 1. The monoisotopic (exact) mass is 281 g/mol. The second-order valence-corrected chi connectivity index (χ2v) is 5.70. The van der Waals surface area contributed by atoms with Gasteiger partial charge in [-0.2, -0.15) is 0 Å². The van der Waals surface area contributed by atoms with Crippen LogP contribution in [0.25, 0.3) is 0 Å². The molecular formula is C16H24FNO2. The largest absolute Gasteiger partial charge is 0.494 e. The Morgan fingerprint density at radius 2 is 2.05 bits per heavy atom. The Bertz CT molecular complexity index is 430. The van der Waals surface area contributed by atoms with E-state index in [2.05, 4.69) is 0 Å². The van der Waals surface area contributed by atoms with E-state index in [1.165, 1.54) is 7.11 Å². The van der Waals surface area contributed by atoms with Gasteiger partial charge in [-0.15, -0.1) is 0 Å². The van der Waals surface area contributed by atoms with E-state index >= 15 is 0 Å². The second kappa shape index (κ2) is 7.04. The second-order valence-electron chi connectivity index (χ2n) is 5.70. The molecule has 0 saturated heterocycles. The van der Waals surface area contributed by atoms with E-state index in [0.717, 1.165) is 31.2 Å². The minimum absolute atomic E-state index is 0.190. The molecule has 1 fully saturated rings. The topological polar surface area (TPSA) is 55.5 Å². The molecule has 20 heavy (non-hydrogen) atoms. The number of ether oxygens (including phenoxy) is 1. The summed E-state index contributed by atoms with van der Waals surface area (Å²) in [4.78, 5) is 0. The number of methoxy groups -OCH3 is 1. The first kappa shape index (κ1) is 15.3. The van der Waals surface area contributed by atoms with Gasteiger partial charge in [0.2, 0.25) is 0 Å². The lowest BCUT2D eigenvalue weighted by atomic mass is 9.73. The molecule has 3 nitrogen and oxygen atoms in total. The Kier molecular flexibility index (Phi) is 5.38. The van der Waals surface area contributed by atoms with Gasteiger partial charge in [-0.25, -0.2) is 4.39 Å². The zero-order valence-electron chi connectivity index (χ0n) is 12.0. The third kappa shape index (κ3) is 3.30. The summed E-state index contributed by atoms with van der Waals surface area (Å²) < 4.78 is 18.8. The van der Waals surface area contributed by atoms with Crippen LogP contribution in [0.15, 0.2) is 18.2 Å². The van der Waals surface area contributed by atoms with Gasteiger partial charge in [0, 0.05) is 6.61 Å². The Morgan fingerprint density at radius 3 is 2.55 bits per heavy atom. The molecule has 0 aliphatic heterocycles. The summed E-state index contributed by atoms with van der Waals surface area (Å²) >= 11 is 0. The molecule has 1 aromatic rings. The van der Waals surface area contributed by atoms with E-state index in [0.29, 0.717) is 18.4 Å². The predicted octanol–water partition coefficient (Wildman–Crippen LogP) is 2.68. The fourth-order valence-corrected chi connectivity index (χ4v) is 3.29. The first-order valence-corrected chi connectivity index (χ1v) is 7.34. The standard InChI is InChI=1S/C16H24FNO2/c1-20-16-7-6-13(8-15(16)17)14(9-18)12-4-2-11(10-19)3-5-12/h6-8,11-12,14,19H,2-5,9-10,18H2,1H3. The van der Waals surface area contributed by atoms with E-state index in [4.69, 9.17) is 10.5 Å². The summed E-state index contributed by atoms with van der Waals surface area (Å²) in [5.74, 6) is 1.05. The smallest absolute Gasteiger partial charge is 0.165 e. The molecule has 1 atom stereocenters. The summed E-state index contributed by atoms with van der Waals surface area (Å²) in [6.45, 7) is 0.803. The number of aliphatic hydroxyl groups is 1. The Balaban J connectivity index is 2.10. The van der Waals surface area contributed by atoms with Gasteiger partial charge in [-0.1, -0.05) is 6.07 Å². The minimum atomic E-state index is -0.326. The molecule has 0 heterocycles. The maximum absolute atomic E-state index is 13.8. The van der Waals surface area contributed by atoms with E-state index in [1.54, 1.807) is 12.1 Å². The van der Waals surface area contributed by atoms with Crippen molar-refractivity contribution in [3.8, 4) is 5.75 Å². The average molecular weight is 281 g/mol. The van der Waals surface area contributed by atoms with Crippen molar-refractivity contribution in [1.82, 2.24) is 0 Å².